The fourth-order valence-corrected chi connectivity index (χ4v) is 7.38. The highest BCUT2D eigenvalue weighted by Crippen LogP contribution is 2.40. The summed E-state index contributed by atoms with van der Waals surface area (Å²) < 4.78 is 5.22. The summed E-state index contributed by atoms with van der Waals surface area (Å²) in [5.74, 6) is 0. The summed E-state index contributed by atoms with van der Waals surface area (Å²) in [6.45, 7) is 3.34. The Morgan fingerprint density at radius 3 is 2.06 bits per heavy atom. The van der Waals surface area contributed by atoms with Gasteiger partial charge in [0, 0.05) is 58.3 Å². The van der Waals surface area contributed by atoms with E-state index in [2.05, 4.69) is 109 Å². The minimum Gasteiger partial charge on any atom is -0.340 e. The summed E-state index contributed by atoms with van der Waals surface area (Å²) in [4.78, 5) is 2.64. The highest BCUT2D eigenvalue weighted by atomic mass is 32.1. The number of aromatic nitrogens is 1. The van der Waals surface area contributed by atoms with E-state index < -0.39 is 0 Å². The molecule has 0 atom stereocenters. The minimum atomic E-state index is 1.07. The zero-order valence-corrected chi connectivity index (χ0v) is 21.3. The molecular formula is C32H25NS2. The molecule has 3 heteroatoms. The molecule has 0 saturated heterocycles. The lowest BCUT2D eigenvalue weighted by Crippen LogP contribution is -1.96. The Morgan fingerprint density at radius 2 is 1.23 bits per heavy atom. The molecule has 0 bridgehead atoms. The molecule has 0 unspecified atom stereocenters. The smallest absolute Gasteiger partial charge is 0.0491 e. The van der Waals surface area contributed by atoms with Gasteiger partial charge < -0.3 is 4.57 Å². The van der Waals surface area contributed by atoms with Crippen LogP contribution in [0.1, 0.15) is 19.8 Å². The number of rotatable bonds is 5. The SMILES string of the molecule is CCCCn1c2ccccc2c2cc(-c3ccc(-c4ccc5sc6ccccc6c5c4)s3)ccc21. The molecule has 4 aromatic carbocycles. The normalized spacial score (nSPS) is 11.9. The quantitative estimate of drug-likeness (QED) is 0.227. The van der Waals surface area contributed by atoms with Gasteiger partial charge in [0.25, 0.3) is 0 Å². The number of fused-ring (bicyclic) bond motifs is 6. The fraction of sp³-hybridized carbons (Fsp3) is 0.125. The lowest BCUT2D eigenvalue weighted by Gasteiger charge is -2.06. The average Bonchev–Trinajstić information content (AvgIpc) is 3.61. The van der Waals surface area contributed by atoms with Crippen LogP contribution in [0.15, 0.2) is 97.1 Å². The average molecular weight is 488 g/mol. The van der Waals surface area contributed by atoms with Gasteiger partial charge in [0.2, 0.25) is 0 Å². The first-order valence-electron chi connectivity index (χ1n) is 12.3. The lowest BCUT2D eigenvalue weighted by molar-refractivity contribution is 0.665. The molecule has 7 aromatic rings. The second-order valence-corrected chi connectivity index (χ2v) is 11.4. The van der Waals surface area contributed by atoms with Gasteiger partial charge in [0.05, 0.1) is 0 Å². The lowest BCUT2D eigenvalue weighted by atomic mass is 10.1. The monoisotopic (exact) mass is 487 g/mol. The van der Waals surface area contributed by atoms with Crippen LogP contribution < -0.4 is 0 Å². The van der Waals surface area contributed by atoms with Gasteiger partial charge in [-0.2, -0.15) is 0 Å². The van der Waals surface area contributed by atoms with Crippen molar-refractivity contribution in [1.29, 1.82) is 0 Å². The van der Waals surface area contributed by atoms with Crippen LogP contribution in [0.2, 0.25) is 0 Å². The summed E-state index contributed by atoms with van der Waals surface area (Å²) in [5.41, 5.74) is 5.29. The Balaban J connectivity index is 1.31. The number of nitrogens with zero attached hydrogens (tertiary/aromatic N) is 1. The van der Waals surface area contributed by atoms with Crippen molar-refractivity contribution in [2.24, 2.45) is 0 Å². The molecule has 0 aliphatic carbocycles. The van der Waals surface area contributed by atoms with E-state index in [4.69, 9.17) is 0 Å². The molecule has 0 aliphatic rings. The van der Waals surface area contributed by atoms with Crippen molar-refractivity contribution in [3.05, 3.63) is 97.1 Å². The van der Waals surface area contributed by atoms with E-state index in [0.717, 1.165) is 6.54 Å². The molecule has 35 heavy (non-hydrogen) atoms. The Morgan fingerprint density at radius 1 is 0.571 bits per heavy atom. The van der Waals surface area contributed by atoms with Crippen LogP contribution in [0.3, 0.4) is 0 Å². The molecule has 1 nitrogen and oxygen atoms in total. The maximum atomic E-state index is 2.50. The molecule has 0 N–H and O–H groups in total. The minimum absolute atomic E-state index is 1.07. The van der Waals surface area contributed by atoms with Crippen LogP contribution in [0.5, 0.6) is 0 Å². The molecule has 0 spiro atoms. The van der Waals surface area contributed by atoms with E-state index in [-0.39, 0.29) is 0 Å². The maximum absolute atomic E-state index is 2.50. The number of unbranched alkanes of at least 4 members (excludes halogenated alkanes) is 1. The van der Waals surface area contributed by atoms with Gasteiger partial charge in [0.15, 0.2) is 0 Å². The third-order valence-electron chi connectivity index (χ3n) is 7.06. The first-order chi connectivity index (χ1) is 17.3. The number of aryl methyl sites for hydroxylation is 1. The molecule has 7 rings (SSSR count). The first-order valence-corrected chi connectivity index (χ1v) is 14.0. The van der Waals surface area contributed by atoms with E-state index in [1.165, 1.54) is 75.7 Å². The van der Waals surface area contributed by atoms with Crippen LogP contribution >= 0.6 is 22.7 Å². The van der Waals surface area contributed by atoms with Crippen LogP contribution in [0.25, 0.3) is 62.9 Å². The second-order valence-electron chi connectivity index (χ2n) is 9.23. The van der Waals surface area contributed by atoms with Gasteiger partial charge in [-0.3, -0.25) is 0 Å². The van der Waals surface area contributed by atoms with Crippen LogP contribution in [-0.2, 0) is 6.54 Å². The van der Waals surface area contributed by atoms with E-state index in [0.29, 0.717) is 0 Å². The molecule has 3 aromatic heterocycles. The largest absolute Gasteiger partial charge is 0.340 e. The van der Waals surface area contributed by atoms with Crippen molar-refractivity contribution >= 4 is 64.7 Å². The van der Waals surface area contributed by atoms with E-state index in [9.17, 15) is 0 Å². The van der Waals surface area contributed by atoms with Gasteiger partial charge in [0.1, 0.15) is 0 Å². The predicted octanol–water partition coefficient (Wildman–Crippen LogP) is 10.4. The standard InChI is InChI=1S/C32H25NS2/c1-2-3-18-33-27-10-6-4-8-23(27)25-19-21(12-14-28(25)33)29-16-17-30(34-29)22-13-15-32-26(20-22)24-9-5-7-11-31(24)35-32/h4-17,19-20H,2-3,18H2,1H3. The number of thiophene rings is 2. The van der Waals surface area contributed by atoms with Crippen LogP contribution in [-0.4, -0.2) is 4.57 Å². The van der Waals surface area contributed by atoms with E-state index in [1.54, 1.807) is 0 Å². The summed E-state index contributed by atoms with van der Waals surface area (Å²) in [7, 11) is 0. The zero-order valence-electron chi connectivity index (χ0n) is 19.6. The summed E-state index contributed by atoms with van der Waals surface area (Å²) in [6.07, 6.45) is 2.41. The number of benzene rings is 4. The molecule has 0 fully saturated rings. The Hall–Kier alpha value is -3.40. The fourth-order valence-electron chi connectivity index (χ4n) is 5.29. The Bertz CT molecular complexity index is 1850. The van der Waals surface area contributed by atoms with Gasteiger partial charge in [-0.05, 0) is 66.1 Å². The number of hydrogen-bond acceptors (Lipinski definition) is 2. The van der Waals surface area contributed by atoms with Crippen molar-refractivity contribution < 1.29 is 0 Å². The maximum Gasteiger partial charge on any atom is 0.0491 e. The van der Waals surface area contributed by atoms with Crippen molar-refractivity contribution in [2.75, 3.05) is 0 Å². The summed E-state index contributed by atoms with van der Waals surface area (Å²) in [5, 5.41) is 5.43. The topological polar surface area (TPSA) is 4.93 Å². The Labute approximate surface area is 212 Å². The van der Waals surface area contributed by atoms with Crippen molar-refractivity contribution in [2.45, 2.75) is 26.3 Å². The molecule has 0 amide bonds. The molecule has 0 radical (unpaired) electrons. The molecule has 0 saturated carbocycles. The third kappa shape index (κ3) is 3.42. The molecule has 170 valence electrons. The highest BCUT2D eigenvalue weighted by Gasteiger charge is 2.13. The highest BCUT2D eigenvalue weighted by molar-refractivity contribution is 7.25. The predicted molar refractivity (Wildman–Crippen MR) is 156 cm³/mol. The zero-order chi connectivity index (χ0) is 23.4. The molecule has 0 aliphatic heterocycles. The van der Waals surface area contributed by atoms with E-state index >= 15 is 0 Å². The molecule has 3 heterocycles. The van der Waals surface area contributed by atoms with Crippen LogP contribution in [0, 0.1) is 0 Å². The first kappa shape index (κ1) is 20.9. The van der Waals surface area contributed by atoms with Gasteiger partial charge in [-0.15, -0.1) is 22.7 Å². The van der Waals surface area contributed by atoms with Crippen molar-refractivity contribution in [3.63, 3.8) is 0 Å². The summed E-state index contributed by atoms with van der Waals surface area (Å²) >= 11 is 3.76. The van der Waals surface area contributed by atoms with Crippen molar-refractivity contribution in [1.82, 2.24) is 4.57 Å². The van der Waals surface area contributed by atoms with Gasteiger partial charge >= 0.3 is 0 Å². The number of para-hydroxylation sites is 1. The van der Waals surface area contributed by atoms with E-state index in [1.807, 2.05) is 22.7 Å². The van der Waals surface area contributed by atoms with Gasteiger partial charge in [-0.1, -0.05) is 61.9 Å². The van der Waals surface area contributed by atoms with Crippen molar-refractivity contribution in [3.8, 4) is 20.9 Å². The second kappa shape index (κ2) is 8.37. The van der Waals surface area contributed by atoms with Crippen LogP contribution in [0.4, 0.5) is 0 Å². The Kier molecular flexibility index (Phi) is 5.00. The third-order valence-corrected chi connectivity index (χ3v) is 9.39. The summed E-state index contributed by atoms with van der Waals surface area (Å²) in [6, 6.07) is 36.1. The number of hydrogen-bond donors (Lipinski definition) is 0. The van der Waals surface area contributed by atoms with Gasteiger partial charge in [-0.25, -0.2) is 0 Å². The molecular weight excluding hydrogens is 462 g/mol.